The van der Waals surface area contributed by atoms with Gasteiger partial charge in [0.2, 0.25) is 11.9 Å². The Balaban J connectivity index is 2.49. The van der Waals surface area contributed by atoms with Gasteiger partial charge >= 0.3 is 0 Å². The molecule has 0 aliphatic rings. The van der Waals surface area contributed by atoms with Gasteiger partial charge in [-0.25, -0.2) is 0 Å². The van der Waals surface area contributed by atoms with E-state index in [1.165, 1.54) is 0 Å². The lowest BCUT2D eigenvalue weighted by Gasteiger charge is -2.30. The van der Waals surface area contributed by atoms with Gasteiger partial charge in [0.25, 0.3) is 0 Å². The molecule has 0 heterocycles. The van der Waals surface area contributed by atoms with E-state index in [1.54, 1.807) is 9.80 Å². The third-order valence-corrected chi connectivity index (χ3v) is 5.69. The fourth-order valence-electron chi connectivity index (χ4n) is 3.95. The number of hydrogen-bond acceptors (Lipinski definition) is 2. The summed E-state index contributed by atoms with van der Waals surface area (Å²) in [5, 5.41) is 17.3. The summed E-state index contributed by atoms with van der Waals surface area (Å²) in [5.74, 6) is -0.532. The van der Waals surface area contributed by atoms with Crippen molar-refractivity contribution in [3.63, 3.8) is 0 Å². The number of unbranched alkanes of at least 4 members (excludes halogenated alkanes) is 2. The smallest absolute Gasteiger partial charge is 0.225 e. The Bertz CT molecular complexity index is 982. The van der Waals surface area contributed by atoms with Crippen LogP contribution in [-0.4, -0.2) is 36.9 Å². The minimum absolute atomic E-state index is 0.0773. The second kappa shape index (κ2) is 14.3. The Morgan fingerprint density at radius 2 is 1.03 bits per heavy atom. The second-order valence-corrected chi connectivity index (χ2v) is 8.49. The lowest BCUT2D eigenvalue weighted by atomic mass is 10.0. The van der Waals surface area contributed by atoms with E-state index in [2.05, 4.69) is 36.0 Å². The average molecular weight is 493 g/mol. The van der Waals surface area contributed by atoms with Crippen LogP contribution in [0.5, 0.6) is 0 Å². The van der Waals surface area contributed by atoms with Gasteiger partial charge in [0.05, 0.1) is 0 Å². The van der Waals surface area contributed by atoms with Crippen LogP contribution in [-0.2, 0) is 12.8 Å². The van der Waals surface area contributed by atoms with Gasteiger partial charge in [-0.3, -0.25) is 10.8 Å². The van der Waals surface area contributed by atoms with Crippen LogP contribution < -0.4 is 32.7 Å². The molecule has 0 amide bonds. The second-order valence-electron chi connectivity index (χ2n) is 8.49. The van der Waals surface area contributed by atoms with E-state index in [-0.39, 0.29) is 23.8 Å². The highest BCUT2D eigenvalue weighted by molar-refractivity contribution is 6.03. The molecule has 0 aromatic heterocycles. The molecule has 10 heteroatoms. The van der Waals surface area contributed by atoms with E-state index in [4.69, 9.17) is 33.8 Å². The molecular formula is C26H40N10. The number of nitrogens with one attached hydrogen (secondary N) is 2. The highest BCUT2D eigenvalue weighted by Crippen LogP contribution is 2.26. The molecule has 0 spiro atoms. The van der Waals surface area contributed by atoms with Crippen molar-refractivity contribution in [2.75, 3.05) is 22.9 Å². The zero-order chi connectivity index (χ0) is 26.5. The largest absolute Gasteiger partial charge is 0.370 e. The van der Waals surface area contributed by atoms with Crippen LogP contribution in [0.4, 0.5) is 11.4 Å². The van der Waals surface area contributed by atoms with E-state index in [9.17, 15) is 0 Å². The summed E-state index contributed by atoms with van der Waals surface area (Å²) in [6, 6.07) is 15.9. The summed E-state index contributed by atoms with van der Waals surface area (Å²) < 4.78 is 0. The van der Waals surface area contributed by atoms with Crippen LogP contribution in [0, 0.1) is 10.8 Å². The third-order valence-electron chi connectivity index (χ3n) is 5.69. The topological polar surface area (TPSA) is 183 Å². The number of aryl methyl sites for hydroxylation is 2. The van der Waals surface area contributed by atoms with Crippen molar-refractivity contribution >= 4 is 35.2 Å². The van der Waals surface area contributed by atoms with Gasteiger partial charge in [-0.1, -0.05) is 63.1 Å². The van der Waals surface area contributed by atoms with Gasteiger partial charge in [-0.2, -0.15) is 9.98 Å². The van der Waals surface area contributed by atoms with Crippen LogP contribution in [0.2, 0.25) is 0 Å². The highest BCUT2D eigenvalue weighted by Gasteiger charge is 2.21. The van der Waals surface area contributed by atoms with Gasteiger partial charge in [-0.15, -0.1) is 0 Å². The van der Waals surface area contributed by atoms with E-state index in [0.29, 0.717) is 13.1 Å². The minimum atomic E-state index is -0.189. The van der Waals surface area contributed by atoms with Crippen molar-refractivity contribution in [1.29, 1.82) is 10.8 Å². The summed E-state index contributed by atoms with van der Waals surface area (Å²) in [7, 11) is 0. The van der Waals surface area contributed by atoms with E-state index >= 15 is 0 Å². The number of anilines is 2. The maximum Gasteiger partial charge on any atom is 0.225 e. The highest BCUT2D eigenvalue weighted by atomic mass is 15.3. The van der Waals surface area contributed by atoms with Crippen LogP contribution in [0.3, 0.4) is 0 Å². The number of aliphatic imine (C=N–C) groups is 2. The van der Waals surface area contributed by atoms with Gasteiger partial charge in [0, 0.05) is 24.5 Å². The Morgan fingerprint density at radius 3 is 1.36 bits per heavy atom. The number of nitrogens with zero attached hydrogens (tertiary/aromatic N) is 4. The first-order chi connectivity index (χ1) is 17.3. The lowest BCUT2D eigenvalue weighted by Crippen LogP contribution is -2.42. The Kier molecular flexibility index (Phi) is 11.2. The zero-order valence-corrected chi connectivity index (χ0v) is 21.4. The SMILES string of the molecule is CCCCc1ccccc1N(CCN(C(=N)N=C(N)N)c1ccccc1CCCC)C(=N)N=C(N)N. The molecule has 0 saturated heterocycles. The van der Waals surface area contributed by atoms with Gasteiger partial charge in [-0.05, 0) is 48.9 Å². The van der Waals surface area contributed by atoms with E-state index < -0.39 is 0 Å². The number of guanidine groups is 4. The van der Waals surface area contributed by atoms with Crippen molar-refractivity contribution in [3.8, 4) is 0 Å². The predicted octanol–water partition coefficient (Wildman–Crippen LogP) is 3.10. The molecule has 0 saturated carbocycles. The quantitative estimate of drug-likeness (QED) is 0.207. The number of nitrogens with two attached hydrogens (primary N) is 4. The lowest BCUT2D eigenvalue weighted by molar-refractivity contribution is 0.786. The summed E-state index contributed by atoms with van der Waals surface area (Å²) in [4.78, 5) is 11.6. The first-order valence-electron chi connectivity index (χ1n) is 12.4. The molecule has 36 heavy (non-hydrogen) atoms. The fraction of sp³-hybridized carbons (Fsp3) is 0.385. The van der Waals surface area contributed by atoms with Crippen LogP contribution >= 0.6 is 0 Å². The number of benzene rings is 2. The molecule has 10 nitrogen and oxygen atoms in total. The maximum absolute atomic E-state index is 8.63. The van der Waals surface area contributed by atoms with Gasteiger partial charge in [0.15, 0.2) is 11.9 Å². The van der Waals surface area contributed by atoms with E-state index in [0.717, 1.165) is 61.0 Å². The van der Waals surface area contributed by atoms with Crippen molar-refractivity contribution in [3.05, 3.63) is 59.7 Å². The van der Waals surface area contributed by atoms with E-state index in [1.807, 2.05) is 36.4 Å². The summed E-state index contributed by atoms with van der Waals surface area (Å²) in [6.45, 7) is 4.93. The Labute approximate surface area is 214 Å². The summed E-state index contributed by atoms with van der Waals surface area (Å²) in [6.07, 6.45) is 5.88. The van der Waals surface area contributed by atoms with Crippen LogP contribution in [0.25, 0.3) is 0 Å². The van der Waals surface area contributed by atoms with Crippen molar-refractivity contribution in [2.24, 2.45) is 32.9 Å². The number of rotatable bonds is 11. The molecule has 0 unspecified atom stereocenters. The molecule has 2 aromatic rings. The number of hydrogen-bond donors (Lipinski definition) is 6. The molecule has 2 rings (SSSR count). The molecule has 0 aliphatic heterocycles. The molecule has 2 aromatic carbocycles. The summed E-state index contributed by atoms with van der Waals surface area (Å²) in [5.41, 5.74) is 26.4. The first-order valence-corrected chi connectivity index (χ1v) is 12.4. The molecule has 0 aliphatic carbocycles. The normalized spacial score (nSPS) is 10.4. The molecule has 0 bridgehead atoms. The Hall–Kier alpha value is -4.08. The molecule has 0 radical (unpaired) electrons. The third kappa shape index (κ3) is 8.30. The number of para-hydroxylation sites is 2. The van der Waals surface area contributed by atoms with Gasteiger partial charge in [0.1, 0.15) is 0 Å². The molecule has 0 atom stereocenters. The molecular weight excluding hydrogens is 452 g/mol. The minimum Gasteiger partial charge on any atom is -0.370 e. The van der Waals surface area contributed by atoms with Crippen molar-refractivity contribution in [2.45, 2.75) is 52.4 Å². The molecule has 194 valence electrons. The standard InChI is InChI=1S/C26H40N10/c1-3-5-11-19-13-7-9-15-21(19)35(25(31)33-23(27)28)17-18-36(26(32)34-24(29)30)22-16-10-8-14-20(22)12-6-4-2/h7-10,13-16H,3-6,11-12,17-18H2,1-2H3,(H5,27,28,31,33)(H5,29,30,32,34). The predicted molar refractivity (Wildman–Crippen MR) is 152 cm³/mol. The maximum atomic E-state index is 8.63. The van der Waals surface area contributed by atoms with Crippen LogP contribution in [0.15, 0.2) is 58.5 Å². The monoisotopic (exact) mass is 492 g/mol. The average Bonchev–Trinajstić information content (AvgIpc) is 2.84. The zero-order valence-electron chi connectivity index (χ0n) is 21.4. The molecule has 10 N–H and O–H groups in total. The first kappa shape index (κ1) is 28.2. The van der Waals surface area contributed by atoms with Crippen LogP contribution in [0.1, 0.15) is 50.7 Å². The summed E-state index contributed by atoms with van der Waals surface area (Å²) >= 11 is 0. The Morgan fingerprint density at radius 1 is 0.667 bits per heavy atom. The molecule has 0 fully saturated rings. The van der Waals surface area contributed by atoms with Gasteiger partial charge < -0.3 is 32.7 Å². The van der Waals surface area contributed by atoms with Crippen molar-refractivity contribution < 1.29 is 0 Å². The fourth-order valence-corrected chi connectivity index (χ4v) is 3.95. The van der Waals surface area contributed by atoms with Crippen molar-refractivity contribution in [1.82, 2.24) is 0 Å².